The molecule has 0 aromatic carbocycles. The van der Waals surface area contributed by atoms with Gasteiger partial charge in [0, 0.05) is 0 Å². The SMILES string of the molecule is [Na+].[Na+].[Na+].[Na+].[Na+].[OH][Fe-5]([OH])([OH])([OH])([OH])([OH])([OH])[OH]. The van der Waals surface area contributed by atoms with Gasteiger partial charge in [-0.15, -0.1) is 0 Å². The van der Waals surface area contributed by atoms with Crippen molar-refractivity contribution < 1.29 is 193 Å². The van der Waals surface area contributed by atoms with Crippen LogP contribution in [0.15, 0.2) is 0 Å². The fourth-order valence-corrected chi connectivity index (χ4v) is 0. The molecule has 0 aromatic rings. The van der Waals surface area contributed by atoms with E-state index in [9.17, 15) is 0 Å². The van der Waals surface area contributed by atoms with Gasteiger partial charge in [-0.1, -0.05) is 0 Å². The second-order valence-electron chi connectivity index (χ2n) is 1.98. The van der Waals surface area contributed by atoms with Crippen LogP contribution in [0.5, 0.6) is 0 Å². The summed E-state index contributed by atoms with van der Waals surface area (Å²) in [6.45, 7) is 0. The molecule has 0 aromatic heterocycles. The average molecular weight is 307 g/mol. The van der Waals surface area contributed by atoms with Crippen LogP contribution < -0.4 is 148 Å². The second kappa shape index (κ2) is 4.88. The third kappa shape index (κ3) is 167. The number of hydrogen-bond donors (Lipinski definition) is 8. The van der Waals surface area contributed by atoms with Crippen molar-refractivity contribution in [3.63, 3.8) is 0 Å². The van der Waals surface area contributed by atoms with Crippen LogP contribution in [0.1, 0.15) is 0 Å². The molecule has 0 aliphatic rings. The molecule has 8 N–H and O–H groups in total. The minimum absolute atomic E-state index is 0. The van der Waals surface area contributed by atoms with Crippen LogP contribution in [0.4, 0.5) is 0 Å². The molecule has 0 fully saturated rings. The summed E-state index contributed by atoms with van der Waals surface area (Å²) in [6.07, 6.45) is 0. The van der Waals surface area contributed by atoms with Gasteiger partial charge in [-0.3, -0.25) is 0 Å². The minimum atomic E-state index is -10.9. The standard InChI is InChI=1S/Fe.5Na.8H2O/h;;;;;;8*1H2/q+3;5*+1;;;;;;;;/p-8. The van der Waals surface area contributed by atoms with Gasteiger partial charge in [0.2, 0.25) is 0 Å². The summed E-state index contributed by atoms with van der Waals surface area (Å²) in [4.78, 5) is 0. The first-order valence-electron chi connectivity index (χ1n) is 1.26. The van der Waals surface area contributed by atoms with E-state index < -0.39 is 11.3 Å². The van der Waals surface area contributed by atoms with Crippen molar-refractivity contribution in [3.8, 4) is 0 Å². The monoisotopic (exact) mass is 307 g/mol. The molecule has 8 nitrogen and oxygen atoms in total. The molecule has 0 amide bonds. The van der Waals surface area contributed by atoms with Crippen molar-refractivity contribution >= 4 is 0 Å². The molecule has 69 valence electrons. The molecule has 0 heterocycles. The van der Waals surface area contributed by atoms with Crippen LogP contribution in [0.2, 0.25) is 0 Å². The van der Waals surface area contributed by atoms with Gasteiger partial charge in [-0.05, 0) is 0 Å². The molecule has 0 unspecified atom stereocenters. The molecule has 0 atom stereocenters. The molecule has 0 saturated carbocycles. The number of hydrogen-bond acceptors (Lipinski definition) is 8. The van der Waals surface area contributed by atoms with E-state index in [-0.39, 0.29) is 148 Å². The van der Waals surface area contributed by atoms with Gasteiger partial charge in [-0.25, -0.2) is 0 Å². The van der Waals surface area contributed by atoms with Gasteiger partial charge < -0.3 is 0 Å². The van der Waals surface area contributed by atoms with E-state index >= 15 is 0 Å². The van der Waals surface area contributed by atoms with Gasteiger partial charge in [-0.2, -0.15) is 0 Å². The van der Waals surface area contributed by atoms with Crippen LogP contribution in [-0.4, -0.2) is 33.5 Å². The Hall–Kier alpha value is 5.20. The normalized spacial score (nSPS) is 20.0. The van der Waals surface area contributed by atoms with Gasteiger partial charge in [0.25, 0.3) is 0 Å². The summed E-state index contributed by atoms with van der Waals surface area (Å²) in [5.41, 5.74) is 0. The first kappa shape index (κ1) is 36.5. The van der Waals surface area contributed by atoms with Crippen LogP contribution in [-0.2, 0) is 11.3 Å². The van der Waals surface area contributed by atoms with E-state index in [0.717, 1.165) is 0 Å². The first-order chi connectivity index (χ1) is 2.83. The van der Waals surface area contributed by atoms with Crippen molar-refractivity contribution in [1.82, 2.24) is 0 Å². The Morgan fingerprint density at radius 1 is 0.357 bits per heavy atom. The predicted molar refractivity (Wildman–Crippen MR) is 17.8 cm³/mol. The Morgan fingerprint density at radius 3 is 0.357 bits per heavy atom. The molecular formula is H8FeNa5O8. The van der Waals surface area contributed by atoms with Crippen molar-refractivity contribution in [2.45, 2.75) is 0 Å². The summed E-state index contributed by atoms with van der Waals surface area (Å²) >= 11 is -10.9. The Bertz CT molecular complexity index is 152. The molecule has 0 bridgehead atoms. The molecule has 0 radical (unpaired) electrons. The molecule has 14 heteroatoms. The van der Waals surface area contributed by atoms with Gasteiger partial charge in [0.05, 0.1) is 0 Å². The molecule has 0 aliphatic heterocycles. The third-order valence-electron chi connectivity index (χ3n) is 0. The predicted octanol–water partition coefficient (Wildman–Crippen LogP) is -19.4. The van der Waals surface area contributed by atoms with E-state index in [2.05, 4.69) is 0 Å². The van der Waals surface area contributed by atoms with Gasteiger partial charge in [0.1, 0.15) is 0 Å². The Labute approximate surface area is 188 Å². The van der Waals surface area contributed by atoms with E-state index in [0.29, 0.717) is 0 Å². The fourth-order valence-electron chi connectivity index (χ4n) is 0. The quantitative estimate of drug-likeness (QED) is 0.205. The van der Waals surface area contributed by atoms with E-state index in [1.54, 1.807) is 0 Å². The molecule has 0 rings (SSSR count). The molecule has 0 aliphatic carbocycles. The summed E-state index contributed by atoms with van der Waals surface area (Å²) < 4.78 is 59.2. The van der Waals surface area contributed by atoms with Crippen molar-refractivity contribution in [3.05, 3.63) is 0 Å². The second-order valence-corrected chi connectivity index (χ2v) is 8.16. The summed E-state index contributed by atoms with van der Waals surface area (Å²) in [5, 5.41) is 0. The summed E-state index contributed by atoms with van der Waals surface area (Å²) in [6, 6.07) is 0. The summed E-state index contributed by atoms with van der Waals surface area (Å²) in [5.74, 6) is 0. The van der Waals surface area contributed by atoms with Crippen LogP contribution in [0, 0.1) is 0 Å². The van der Waals surface area contributed by atoms with Crippen LogP contribution in [0.3, 0.4) is 0 Å². The fraction of sp³-hybridized carbons (Fsp3) is 0. The van der Waals surface area contributed by atoms with Crippen molar-refractivity contribution in [2.24, 2.45) is 0 Å². The third-order valence-corrected chi connectivity index (χ3v) is 0. The maximum atomic E-state index is 7.41. The number of rotatable bonds is 0. The zero-order valence-electron chi connectivity index (χ0n) is 8.93. The van der Waals surface area contributed by atoms with E-state index in [1.165, 1.54) is 0 Å². The van der Waals surface area contributed by atoms with Crippen molar-refractivity contribution in [2.75, 3.05) is 0 Å². The van der Waals surface area contributed by atoms with Crippen LogP contribution >= 0.6 is 0 Å². The van der Waals surface area contributed by atoms with Gasteiger partial charge in [0.15, 0.2) is 0 Å². The van der Waals surface area contributed by atoms with Crippen LogP contribution in [0.25, 0.3) is 0 Å². The summed E-state index contributed by atoms with van der Waals surface area (Å²) in [7, 11) is 0. The zero-order chi connectivity index (χ0) is 8.35. The Balaban J connectivity index is -0.0000000320. The van der Waals surface area contributed by atoms with Crippen molar-refractivity contribution in [1.29, 1.82) is 0 Å². The first-order valence-corrected chi connectivity index (χ1v) is 5.22. The zero-order valence-corrected chi connectivity index (χ0v) is 20.0. The van der Waals surface area contributed by atoms with Gasteiger partial charge >= 0.3 is 193 Å². The maximum absolute atomic E-state index is 10.9. The molecule has 14 heavy (non-hydrogen) atoms. The average Bonchev–Trinajstić information content (AvgIpc) is 0.503. The van der Waals surface area contributed by atoms with E-state index in [4.69, 9.17) is 33.5 Å². The molecular weight excluding hydrogens is 299 g/mol. The molecule has 0 saturated heterocycles. The Morgan fingerprint density at radius 2 is 0.357 bits per heavy atom. The van der Waals surface area contributed by atoms with E-state index in [1.807, 2.05) is 0 Å². The Kier molecular flexibility index (Phi) is 12.7. The molecule has 0 spiro atoms. The topological polar surface area (TPSA) is 162 Å².